The molecule has 1 saturated carbocycles. The van der Waals surface area contributed by atoms with Crippen LogP contribution in [-0.2, 0) is 16.8 Å². The number of rotatable bonds is 4. The van der Waals surface area contributed by atoms with Gasteiger partial charge in [0.25, 0.3) is 0 Å². The van der Waals surface area contributed by atoms with Crippen LogP contribution < -0.4 is 0 Å². The van der Waals surface area contributed by atoms with E-state index in [4.69, 9.17) is 0 Å². The molecule has 18 heavy (non-hydrogen) atoms. The van der Waals surface area contributed by atoms with E-state index in [9.17, 15) is 9.90 Å². The Morgan fingerprint density at radius 2 is 2.00 bits per heavy atom. The summed E-state index contributed by atoms with van der Waals surface area (Å²) in [6.45, 7) is 0.851. The highest BCUT2D eigenvalue weighted by atomic mass is 16.4. The average Bonchev–Trinajstić information content (AvgIpc) is 2.78. The van der Waals surface area contributed by atoms with E-state index in [1.807, 2.05) is 26.2 Å². The number of benzene rings is 1. The topological polar surface area (TPSA) is 40.5 Å². The number of carboxylic acids is 1. The van der Waals surface area contributed by atoms with Gasteiger partial charge in [0.2, 0.25) is 0 Å². The van der Waals surface area contributed by atoms with Gasteiger partial charge in [0.1, 0.15) is 0 Å². The summed E-state index contributed by atoms with van der Waals surface area (Å²) >= 11 is 0. The van der Waals surface area contributed by atoms with Crippen molar-refractivity contribution in [3.8, 4) is 0 Å². The second kappa shape index (κ2) is 5.11. The number of aliphatic carboxylic acids is 1. The first-order valence-electron chi connectivity index (χ1n) is 6.52. The van der Waals surface area contributed by atoms with E-state index in [1.165, 1.54) is 5.56 Å². The number of nitrogens with zero attached hydrogens (tertiary/aromatic N) is 1. The molecule has 1 aliphatic carbocycles. The van der Waals surface area contributed by atoms with Crippen LogP contribution in [0.1, 0.15) is 36.8 Å². The van der Waals surface area contributed by atoms with Gasteiger partial charge in [-0.05, 0) is 38.1 Å². The Hall–Kier alpha value is -1.35. The lowest BCUT2D eigenvalue weighted by molar-refractivity contribution is -0.143. The van der Waals surface area contributed by atoms with Crippen LogP contribution in [0.25, 0.3) is 0 Å². The Labute approximate surface area is 108 Å². The maximum atomic E-state index is 11.6. The minimum absolute atomic E-state index is 0.637. The fourth-order valence-corrected chi connectivity index (χ4v) is 2.94. The molecule has 0 atom stereocenters. The zero-order chi connectivity index (χ0) is 13.2. The first-order chi connectivity index (χ1) is 8.54. The second-order valence-corrected chi connectivity index (χ2v) is 5.53. The van der Waals surface area contributed by atoms with E-state index in [0.29, 0.717) is 0 Å². The largest absolute Gasteiger partial charge is 0.481 e. The Bertz CT molecular complexity index is 434. The lowest BCUT2D eigenvalue weighted by Crippen LogP contribution is -2.32. The zero-order valence-electron chi connectivity index (χ0n) is 11.1. The van der Waals surface area contributed by atoms with Gasteiger partial charge in [0.15, 0.2) is 0 Å². The van der Waals surface area contributed by atoms with E-state index in [-0.39, 0.29) is 0 Å². The Morgan fingerprint density at radius 1 is 1.33 bits per heavy atom. The molecule has 0 saturated heterocycles. The van der Waals surface area contributed by atoms with Crippen molar-refractivity contribution < 1.29 is 9.90 Å². The van der Waals surface area contributed by atoms with Crippen LogP contribution in [0.5, 0.6) is 0 Å². The van der Waals surface area contributed by atoms with Crippen molar-refractivity contribution in [2.24, 2.45) is 0 Å². The first-order valence-corrected chi connectivity index (χ1v) is 6.52. The normalized spacial score (nSPS) is 18.2. The maximum Gasteiger partial charge on any atom is 0.314 e. The first kappa shape index (κ1) is 13.1. The molecule has 1 aliphatic rings. The van der Waals surface area contributed by atoms with E-state index < -0.39 is 11.4 Å². The number of carbonyl (C=O) groups is 1. The van der Waals surface area contributed by atoms with Crippen molar-refractivity contribution in [1.82, 2.24) is 4.90 Å². The van der Waals surface area contributed by atoms with Gasteiger partial charge in [0, 0.05) is 6.54 Å². The van der Waals surface area contributed by atoms with Crippen molar-refractivity contribution in [1.29, 1.82) is 0 Å². The molecule has 0 aliphatic heterocycles. The molecule has 0 unspecified atom stereocenters. The summed E-state index contributed by atoms with van der Waals surface area (Å²) < 4.78 is 0. The highest BCUT2D eigenvalue weighted by Gasteiger charge is 2.42. The van der Waals surface area contributed by atoms with Crippen LogP contribution >= 0.6 is 0 Å². The Kier molecular flexibility index (Phi) is 3.71. The van der Waals surface area contributed by atoms with Crippen LogP contribution in [-0.4, -0.2) is 30.1 Å². The lowest BCUT2D eigenvalue weighted by Gasteiger charge is -2.25. The zero-order valence-corrected chi connectivity index (χ0v) is 11.1. The van der Waals surface area contributed by atoms with Crippen molar-refractivity contribution in [2.75, 3.05) is 14.1 Å². The summed E-state index contributed by atoms with van der Waals surface area (Å²) in [6, 6.07) is 8.09. The molecule has 1 fully saturated rings. The predicted octanol–water partition coefficient (Wildman–Crippen LogP) is 2.64. The summed E-state index contributed by atoms with van der Waals surface area (Å²) in [4.78, 5) is 13.7. The van der Waals surface area contributed by atoms with Crippen molar-refractivity contribution >= 4 is 5.97 Å². The Morgan fingerprint density at radius 3 is 2.56 bits per heavy atom. The molecule has 2 rings (SSSR count). The standard InChI is InChI=1S/C15H21NO2/c1-16(2)11-12-6-5-7-13(10-12)15(14(17)18)8-3-4-9-15/h5-7,10H,3-4,8-9,11H2,1-2H3,(H,17,18). The molecular formula is C15H21NO2. The average molecular weight is 247 g/mol. The van der Waals surface area contributed by atoms with Crippen molar-refractivity contribution in [3.63, 3.8) is 0 Å². The third-order valence-corrected chi connectivity index (χ3v) is 3.84. The summed E-state index contributed by atoms with van der Waals surface area (Å²) in [5, 5.41) is 9.58. The molecular weight excluding hydrogens is 226 g/mol. The monoisotopic (exact) mass is 247 g/mol. The summed E-state index contributed by atoms with van der Waals surface area (Å²) in [6.07, 6.45) is 3.58. The van der Waals surface area contributed by atoms with Gasteiger partial charge < -0.3 is 10.0 Å². The number of hydrogen-bond acceptors (Lipinski definition) is 2. The van der Waals surface area contributed by atoms with Crippen LogP contribution in [0, 0.1) is 0 Å². The van der Waals surface area contributed by atoms with Crippen LogP contribution in [0.3, 0.4) is 0 Å². The van der Waals surface area contributed by atoms with Crippen LogP contribution in [0.2, 0.25) is 0 Å². The molecule has 1 aromatic carbocycles. The molecule has 1 N–H and O–H groups in total. The molecule has 1 aromatic rings. The highest BCUT2D eigenvalue weighted by molar-refractivity contribution is 5.81. The van der Waals surface area contributed by atoms with Gasteiger partial charge in [-0.3, -0.25) is 4.79 Å². The summed E-state index contributed by atoms with van der Waals surface area (Å²) in [5.74, 6) is -0.665. The molecule has 3 heteroatoms. The number of hydrogen-bond donors (Lipinski definition) is 1. The fraction of sp³-hybridized carbons (Fsp3) is 0.533. The molecule has 0 bridgehead atoms. The Balaban J connectivity index is 2.34. The van der Waals surface area contributed by atoms with Crippen LogP contribution in [0.15, 0.2) is 24.3 Å². The molecule has 0 amide bonds. The van der Waals surface area contributed by atoms with Crippen molar-refractivity contribution in [2.45, 2.75) is 37.6 Å². The third-order valence-electron chi connectivity index (χ3n) is 3.84. The molecule has 3 nitrogen and oxygen atoms in total. The molecule has 0 heterocycles. The van der Waals surface area contributed by atoms with E-state index >= 15 is 0 Å². The number of carboxylic acid groups (broad SMARTS) is 1. The molecule has 0 aromatic heterocycles. The molecule has 0 radical (unpaired) electrons. The van der Waals surface area contributed by atoms with Gasteiger partial charge in [-0.2, -0.15) is 0 Å². The van der Waals surface area contributed by atoms with Gasteiger partial charge >= 0.3 is 5.97 Å². The quantitative estimate of drug-likeness (QED) is 0.889. The highest BCUT2D eigenvalue weighted by Crippen LogP contribution is 2.41. The lowest BCUT2D eigenvalue weighted by atomic mass is 9.78. The van der Waals surface area contributed by atoms with E-state index in [0.717, 1.165) is 37.8 Å². The molecule has 98 valence electrons. The smallest absolute Gasteiger partial charge is 0.314 e. The summed E-state index contributed by atoms with van der Waals surface area (Å²) in [5.41, 5.74) is 1.53. The van der Waals surface area contributed by atoms with Gasteiger partial charge in [-0.25, -0.2) is 0 Å². The predicted molar refractivity (Wildman–Crippen MR) is 71.6 cm³/mol. The van der Waals surface area contributed by atoms with Gasteiger partial charge in [-0.15, -0.1) is 0 Å². The minimum atomic E-state index is -0.665. The fourth-order valence-electron chi connectivity index (χ4n) is 2.94. The SMILES string of the molecule is CN(C)Cc1cccc(C2(C(=O)O)CCCC2)c1. The summed E-state index contributed by atoms with van der Waals surface area (Å²) in [7, 11) is 4.05. The van der Waals surface area contributed by atoms with E-state index in [1.54, 1.807) is 0 Å². The third kappa shape index (κ3) is 2.41. The van der Waals surface area contributed by atoms with Gasteiger partial charge in [-0.1, -0.05) is 37.1 Å². The van der Waals surface area contributed by atoms with Crippen LogP contribution in [0.4, 0.5) is 0 Å². The minimum Gasteiger partial charge on any atom is -0.481 e. The maximum absolute atomic E-state index is 11.6. The van der Waals surface area contributed by atoms with Crippen molar-refractivity contribution in [3.05, 3.63) is 35.4 Å². The van der Waals surface area contributed by atoms with Gasteiger partial charge in [0.05, 0.1) is 5.41 Å². The second-order valence-electron chi connectivity index (χ2n) is 5.53. The molecule has 0 spiro atoms. The van der Waals surface area contributed by atoms with E-state index in [2.05, 4.69) is 17.0 Å².